The van der Waals surface area contributed by atoms with Crippen LogP contribution in [-0.2, 0) is 42.9 Å². The highest BCUT2D eigenvalue weighted by Crippen LogP contribution is 2.30. The van der Waals surface area contributed by atoms with E-state index in [4.69, 9.17) is 23.7 Å². The Morgan fingerprint density at radius 1 is 0.365 bits per heavy atom. The molecule has 430 valence electrons. The van der Waals surface area contributed by atoms with E-state index >= 15 is 0 Å². The molecule has 0 aromatic carbocycles. The molecule has 0 amide bonds. The lowest BCUT2D eigenvalue weighted by molar-refractivity contribution is -0.200. The van der Waals surface area contributed by atoms with Crippen LogP contribution in [0.15, 0.2) is 36.5 Å². The van der Waals surface area contributed by atoms with Crippen molar-refractivity contribution in [3.8, 4) is 0 Å². The molecule has 0 bridgehead atoms. The molecule has 0 aromatic heterocycles. The Bertz CT molecular complexity index is 1410. The fourth-order valence-corrected chi connectivity index (χ4v) is 9.38. The van der Waals surface area contributed by atoms with Crippen molar-refractivity contribution in [3.63, 3.8) is 0 Å². The minimum absolute atomic E-state index is 0.169. The zero-order valence-corrected chi connectivity index (χ0v) is 48.7. The van der Waals surface area contributed by atoms with E-state index in [-0.39, 0.29) is 32.3 Å². The summed E-state index contributed by atoms with van der Waals surface area (Å²) in [5, 5.41) is 0. The van der Waals surface area contributed by atoms with Crippen LogP contribution in [-0.4, -0.2) is 80.6 Å². The maximum Gasteiger partial charge on any atom is 0.308 e. The number of carbonyl (C=O) groups excluding carboxylic acids is 4. The predicted molar refractivity (Wildman–Crippen MR) is 307 cm³/mol. The van der Waals surface area contributed by atoms with Gasteiger partial charge in [0.25, 0.3) is 0 Å². The number of allylic oxidation sites excluding steroid dienone is 6. The molecule has 0 radical (unpaired) electrons. The average molecular weight is 1040 g/mol. The van der Waals surface area contributed by atoms with Gasteiger partial charge in [-0.25, -0.2) is 0 Å². The Balaban J connectivity index is 2.80. The molecule has 10 nitrogen and oxygen atoms in total. The largest absolute Gasteiger partial charge is 0.463 e. The van der Waals surface area contributed by atoms with Gasteiger partial charge in [0.1, 0.15) is 12.7 Å². The molecule has 1 aliphatic heterocycles. The minimum Gasteiger partial charge on any atom is -0.463 e. The van der Waals surface area contributed by atoms with E-state index in [1.165, 1.54) is 135 Å². The van der Waals surface area contributed by atoms with E-state index in [0.29, 0.717) is 25.8 Å². The molecule has 1 rings (SSSR count). The first-order chi connectivity index (χ1) is 36.2. The molecule has 0 aromatic rings. The number of nitrogens with zero attached hydrogens (tertiary/aromatic N) is 1. The van der Waals surface area contributed by atoms with Crippen LogP contribution in [0.3, 0.4) is 0 Å². The molecule has 0 N–H and O–H groups in total. The number of carbonyl (C=O) groups is 4. The molecule has 0 saturated carbocycles. The molecule has 2 unspecified atom stereocenters. The highest BCUT2D eigenvalue weighted by atomic mass is 16.8. The van der Waals surface area contributed by atoms with Crippen LogP contribution in [0.1, 0.15) is 297 Å². The van der Waals surface area contributed by atoms with Gasteiger partial charge in [-0.15, -0.1) is 0 Å². The third-order valence-electron chi connectivity index (χ3n) is 14.1. The highest BCUT2D eigenvalue weighted by Gasteiger charge is 2.52. The second-order valence-corrected chi connectivity index (χ2v) is 21.7. The highest BCUT2D eigenvalue weighted by molar-refractivity contribution is 5.72. The minimum atomic E-state index is -1.30. The Morgan fingerprint density at radius 2 is 0.662 bits per heavy atom. The first-order valence-corrected chi connectivity index (χ1v) is 31.2. The summed E-state index contributed by atoms with van der Waals surface area (Å²) in [6.45, 7) is 7.04. The van der Waals surface area contributed by atoms with E-state index in [0.717, 1.165) is 96.3 Å². The summed E-state index contributed by atoms with van der Waals surface area (Å²) in [4.78, 5) is 55.0. The summed E-state index contributed by atoms with van der Waals surface area (Å²) in [6, 6.07) is 0. The summed E-state index contributed by atoms with van der Waals surface area (Å²) in [5.41, 5.74) is 0. The average Bonchev–Trinajstić information content (AvgIpc) is 3.69. The molecule has 10 heteroatoms. The summed E-state index contributed by atoms with van der Waals surface area (Å²) in [6.07, 6.45) is 55.1. The zero-order valence-electron chi connectivity index (χ0n) is 48.7. The van der Waals surface area contributed by atoms with Gasteiger partial charge < -0.3 is 28.6 Å². The standard InChI is InChI=1S/C64H115NO9/c1-6-9-12-15-18-21-24-27-30-33-36-39-42-45-48-51-59(67)72-62-57(56-70-58(66)54-55-65(4)5)71-64(74-61(69)53-50-47-44-41-38-35-32-29-26-23-20-17-14-11-8-3)63(62)73-60(68)52-49-46-43-40-37-34-31-28-25-22-19-16-13-10-7-2/h27-32,57,62-64H,6-26,33-56H2,1-5H3/b30-27-,31-28-,32-29-/t57-,62?,63?,64+/m1/s1. The summed E-state index contributed by atoms with van der Waals surface area (Å²) < 4.78 is 29.9. The molecule has 1 saturated heterocycles. The molecule has 1 fully saturated rings. The maximum absolute atomic E-state index is 13.5. The van der Waals surface area contributed by atoms with Gasteiger partial charge in [0.15, 0.2) is 6.10 Å². The number of hydrogen-bond donors (Lipinski definition) is 0. The van der Waals surface area contributed by atoms with Gasteiger partial charge in [-0.05, 0) is 110 Å². The fraction of sp³-hybridized carbons (Fsp3) is 0.844. The van der Waals surface area contributed by atoms with Crippen LogP contribution < -0.4 is 0 Å². The van der Waals surface area contributed by atoms with Gasteiger partial charge in [0.05, 0.1) is 6.42 Å². The van der Waals surface area contributed by atoms with E-state index < -0.39 is 48.5 Å². The Hall–Kier alpha value is -2.98. The van der Waals surface area contributed by atoms with Gasteiger partial charge in [-0.2, -0.15) is 0 Å². The molecule has 0 spiro atoms. The van der Waals surface area contributed by atoms with E-state index in [9.17, 15) is 19.2 Å². The van der Waals surface area contributed by atoms with Crippen molar-refractivity contribution in [2.45, 2.75) is 321 Å². The van der Waals surface area contributed by atoms with E-state index in [2.05, 4.69) is 57.2 Å². The van der Waals surface area contributed by atoms with Crippen LogP contribution in [0.5, 0.6) is 0 Å². The second kappa shape index (κ2) is 52.1. The van der Waals surface area contributed by atoms with Crippen molar-refractivity contribution < 1.29 is 42.9 Å². The Kier molecular flexibility index (Phi) is 48.6. The number of hydrogen-bond acceptors (Lipinski definition) is 10. The lowest BCUT2D eigenvalue weighted by Gasteiger charge is -2.24. The SMILES string of the molecule is CCCCCCCC/C=C\CCCCCCCC(=O)OC1C(OC(=O)CCCCCCC/C=C\CCCCCCCC)[C@@H](COC(=O)CCN(C)C)O[C@H]1OC(=O)CCCCCCC/C=C\CCCCCCCC. The van der Waals surface area contributed by atoms with E-state index in [1.54, 1.807) is 0 Å². The number of esters is 4. The van der Waals surface area contributed by atoms with Crippen LogP contribution in [0.2, 0.25) is 0 Å². The zero-order chi connectivity index (χ0) is 53.8. The summed E-state index contributed by atoms with van der Waals surface area (Å²) in [5.74, 6) is -1.80. The van der Waals surface area contributed by atoms with Crippen molar-refractivity contribution in [1.82, 2.24) is 4.90 Å². The lowest BCUT2D eigenvalue weighted by Crippen LogP contribution is -2.42. The third kappa shape index (κ3) is 43.2. The van der Waals surface area contributed by atoms with Crippen LogP contribution >= 0.6 is 0 Å². The molecule has 0 aliphatic carbocycles. The Morgan fingerprint density at radius 3 is 1.00 bits per heavy atom. The molecule has 4 atom stereocenters. The lowest BCUT2D eigenvalue weighted by atomic mass is 10.1. The van der Waals surface area contributed by atoms with Gasteiger partial charge >= 0.3 is 23.9 Å². The molecule has 1 aliphatic rings. The van der Waals surface area contributed by atoms with Gasteiger partial charge in [0, 0.05) is 25.8 Å². The smallest absolute Gasteiger partial charge is 0.308 e. The van der Waals surface area contributed by atoms with Crippen LogP contribution in [0.4, 0.5) is 0 Å². The number of unbranched alkanes of at least 4 members (excludes halogenated alkanes) is 33. The van der Waals surface area contributed by atoms with Gasteiger partial charge in [0.2, 0.25) is 12.4 Å². The first-order valence-electron chi connectivity index (χ1n) is 31.2. The number of ether oxygens (including phenoxy) is 5. The number of rotatable bonds is 53. The quantitative estimate of drug-likeness (QED) is 0.0252. The van der Waals surface area contributed by atoms with E-state index in [1.807, 2.05) is 19.0 Å². The van der Waals surface area contributed by atoms with Crippen molar-refractivity contribution in [2.24, 2.45) is 0 Å². The van der Waals surface area contributed by atoms with Gasteiger partial charge in [-0.1, -0.05) is 211 Å². The third-order valence-corrected chi connectivity index (χ3v) is 14.1. The normalized spacial score (nSPS) is 16.8. The first kappa shape index (κ1) is 69.0. The molecular formula is C64H115NO9. The van der Waals surface area contributed by atoms with Crippen molar-refractivity contribution >= 4 is 23.9 Å². The monoisotopic (exact) mass is 1040 g/mol. The topological polar surface area (TPSA) is 118 Å². The van der Waals surface area contributed by atoms with Crippen molar-refractivity contribution in [2.75, 3.05) is 27.2 Å². The Labute approximate surface area is 455 Å². The summed E-state index contributed by atoms with van der Waals surface area (Å²) in [7, 11) is 3.76. The summed E-state index contributed by atoms with van der Waals surface area (Å²) >= 11 is 0. The molecule has 1 heterocycles. The fourth-order valence-electron chi connectivity index (χ4n) is 9.38. The maximum atomic E-state index is 13.5. The van der Waals surface area contributed by atoms with Crippen molar-refractivity contribution in [3.05, 3.63) is 36.5 Å². The van der Waals surface area contributed by atoms with Crippen LogP contribution in [0.25, 0.3) is 0 Å². The van der Waals surface area contributed by atoms with Crippen LogP contribution in [0, 0.1) is 0 Å². The predicted octanol–water partition coefficient (Wildman–Crippen LogP) is 17.7. The van der Waals surface area contributed by atoms with Gasteiger partial charge in [-0.3, -0.25) is 19.2 Å². The second-order valence-electron chi connectivity index (χ2n) is 21.7. The molecule has 74 heavy (non-hydrogen) atoms. The van der Waals surface area contributed by atoms with Crippen molar-refractivity contribution in [1.29, 1.82) is 0 Å². The molecular weight excluding hydrogens is 927 g/mol.